The van der Waals surface area contributed by atoms with E-state index in [0.29, 0.717) is 13.0 Å². The normalized spacial score (nSPS) is 16.8. The summed E-state index contributed by atoms with van der Waals surface area (Å²) >= 11 is 0. The van der Waals surface area contributed by atoms with Gasteiger partial charge in [0.05, 0.1) is 6.04 Å². The molecule has 3 heterocycles. The average Bonchev–Trinajstić information content (AvgIpc) is 2.84. The number of anilines is 1. The van der Waals surface area contributed by atoms with Crippen molar-refractivity contribution in [3.8, 4) is 11.1 Å². The second kappa shape index (κ2) is 10.6. The topological polar surface area (TPSA) is 52.6 Å². The quantitative estimate of drug-likeness (QED) is 0.529. The van der Waals surface area contributed by atoms with Gasteiger partial charge < -0.3 is 9.80 Å². The molecule has 6 heteroatoms. The van der Waals surface area contributed by atoms with E-state index in [9.17, 15) is 4.79 Å². The molecule has 4 rings (SSSR count). The second-order valence-corrected chi connectivity index (χ2v) is 8.83. The van der Waals surface area contributed by atoms with Crippen LogP contribution in [0, 0.1) is 0 Å². The van der Waals surface area contributed by atoms with E-state index in [4.69, 9.17) is 0 Å². The van der Waals surface area contributed by atoms with Gasteiger partial charge in [0.1, 0.15) is 5.82 Å². The molecule has 1 unspecified atom stereocenters. The molecule has 1 aromatic carbocycles. The molecule has 0 spiro atoms. The Hall–Kier alpha value is -3.25. The van der Waals surface area contributed by atoms with Crippen LogP contribution >= 0.6 is 0 Å². The fraction of sp³-hybridized carbons (Fsp3) is 0.370. The molecule has 1 amide bonds. The fourth-order valence-electron chi connectivity index (χ4n) is 4.60. The molecule has 1 atom stereocenters. The Morgan fingerprint density at radius 2 is 1.82 bits per heavy atom. The van der Waals surface area contributed by atoms with E-state index in [1.807, 2.05) is 60.7 Å². The molecule has 0 saturated carbocycles. The highest BCUT2D eigenvalue weighted by Gasteiger charge is 2.34. The number of benzene rings is 1. The van der Waals surface area contributed by atoms with Crippen molar-refractivity contribution in [2.24, 2.45) is 0 Å². The van der Waals surface area contributed by atoms with Crippen molar-refractivity contribution in [3.05, 3.63) is 78.2 Å². The monoisotopic (exact) mass is 443 g/mol. The molecule has 0 aliphatic carbocycles. The van der Waals surface area contributed by atoms with Crippen LogP contribution in [0.5, 0.6) is 0 Å². The number of amides is 1. The van der Waals surface area contributed by atoms with Gasteiger partial charge >= 0.3 is 0 Å². The van der Waals surface area contributed by atoms with Crippen molar-refractivity contribution in [2.75, 3.05) is 38.6 Å². The molecule has 0 radical (unpaired) electrons. The average molecular weight is 444 g/mol. The van der Waals surface area contributed by atoms with Crippen LogP contribution in [0.15, 0.2) is 67.1 Å². The van der Waals surface area contributed by atoms with Crippen LogP contribution in [0.2, 0.25) is 0 Å². The number of carbonyl (C=O) groups excluding carboxylic acids is 1. The van der Waals surface area contributed by atoms with Gasteiger partial charge in [0.15, 0.2) is 0 Å². The third-order valence-corrected chi connectivity index (χ3v) is 6.22. The van der Waals surface area contributed by atoms with Gasteiger partial charge in [-0.1, -0.05) is 37.3 Å². The van der Waals surface area contributed by atoms with Gasteiger partial charge in [-0.05, 0) is 47.7 Å². The molecule has 2 aromatic heterocycles. The zero-order valence-corrected chi connectivity index (χ0v) is 19.8. The standard InChI is InChI=1S/C27H33N5O/c1-4-15-31-16-17-32(20-24-9-6-12-29-26(24)30(2)3)25(27(31)33)19-21-7-5-8-23(18-21)22-10-13-28-14-11-22/h5-14,18,25H,4,15-17,19-20H2,1-3H3. The Labute approximate surface area is 196 Å². The molecule has 3 aromatic rings. The van der Waals surface area contributed by atoms with E-state index in [-0.39, 0.29) is 11.9 Å². The lowest BCUT2D eigenvalue weighted by Crippen LogP contribution is -2.57. The Kier molecular flexibility index (Phi) is 7.35. The van der Waals surface area contributed by atoms with Crippen LogP contribution in [0.1, 0.15) is 24.5 Å². The van der Waals surface area contributed by atoms with Gasteiger partial charge in [-0.2, -0.15) is 0 Å². The van der Waals surface area contributed by atoms with Crippen molar-refractivity contribution in [2.45, 2.75) is 32.4 Å². The maximum atomic E-state index is 13.5. The first-order chi connectivity index (χ1) is 16.1. The van der Waals surface area contributed by atoms with Crippen molar-refractivity contribution < 1.29 is 4.79 Å². The first kappa shape index (κ1) is 22.9. The number of carbonyl (C=O) groups is 1. The number of hydrogen-bond acceptors (Lipinski definition) is 5. The molecule has 33 heavy (non-hydrogen) atoms. The predicted octanol–water partition coefficient (Wildman–Crippen LogP) is 3.88. The molecule has 1 aliphatic heterocycles. The molecular formula is C27H33N5O. The zero-order chi connectivity index (χ0) is 23.2. The van der Waals surface area contributed by atoms with Gasteiger partial charge in [-0.15, -0.1) is 0 Å². The number of hydrogen-bond donors (Lipinski definition) is 0. The molecule has 0 bridgehead atoms. The van der Waals surface area contributed by atoms with Crippen LogP contribution in [0.3, 0.4) is 0 Å². The van der Waals surface area contributed by atoms with E-state index in [2.05, 4.69) is 52.1 Å². The minimum atomic E-state index is -0.187. The highest BCUT2D eigenvalue weighted by molar-refractivity contribution is 5.83. The SMILES string of the molecule is CCCN1CCN(Cc2cccnc2N(C)C)C(Cc2cccc(-c3ccncc3)c2)C1=O. The van der Waals surface area contributed by atoms with Crippen LogP contribution in [0.25, 0.3) is 11.1 Å². The third kappa shape index (κ3) is 5.40. The molecule has 1 aliphatic rings. The van der Waals surface area contributed by atoms with Crippen molar-refractivity contribution in [3.63, 3.8) is 0 Å². The van der Waals surface area contributed by atoms with E-state index in [0.717, 1.165) is 48.6 Å². The zero-order valence-electron chi connectivity index (χ0n) is 19.8. The number of rotatable bonds is 8. The van der Waals surface area contributed by atoms with E-state index in [1.165, 1.54) is 5.56 Å². The summed E-state index contributed by atoms with van der Waals surface area (Å²) in [5, 5.41) is 0. The Balaban J connectivity index is 1.61. The minimum Gasteiger partial charge on any atom is -0.362 e. The molecule has 0 N–H and O–H groups in total. The minimum absolute atomic E-state index is 0.187. The van der Waals surface area contributed by atoms with Crippen molar-refractivity contribution >= 4 is 11.7 Å². The van der Waals surface area contributed by atoms with Gasteiger partial charge in [0, 0.05) is 64.4 Å². The number of piperazine rings is 1. The fourth-order valence-corrected chi connectivity index (χ4v) is 4.60. The molecular weight excluding hydrogens is 410 g/mol. The smallest absolute Gasteiger partial charge is 0.240 e. The molecule has 6 nitrogen and oxygen atoms in total. The first-order valence-electron chi connectivity index (χ1n) is 11.7. The summed E-state index contributed by atoms with van der Waals surface area (Å²) in [7, 11) is 4.02. The van der Waals surface area contributed by atoms with Gasteiger partial charge in [0.2, 0.25) is 5.91 Å². The lowest BCUT2D eigenvalue weighted by Gasteiger charge is -2.41. The Morgan fingerprint density at radius 3 is 2.58 bits per heavy atom. The van der Waals surface area contributed by atoms with Crippen LogP contribution in [0.4, 0.5) is 5.82 Å². The summed E-state index contributed by atoms with van der Waals surface area (Å²) in [5.41, 5.74) is 4.61. The van der Waals surface area contributed by atoms with E-state index >= 15 is 0 Å². The lowest BCUT2D eigenvalue weighted by molar-refractivity contribution is -0.142. The molecule has 172 valence electrons. The summed E-state index contributed by atoms with van der Waals surface area (Å²) in [6.45, 7) is 5.30. The van der Waals surface area contributed by atoms with E-state index in [1.54, 1.807) is 0 Å². The summed E-state index contributed by atoms with van der Waals surface area (Å²) in [5.74, 6) is 1.19. The third-order valence-electron chi connectivity index (χ3n) is 6.22. The van der Waals surface area contributed by atoms with E-state index < -0.39 is 0 Å². The van der Waals surface area contributed by atoms with Crippen LogP contribution in [-0.4, -0.2) is 65.4 Å². The lowest BCUT2D eigenvalue weighted by atomic mass is 9.97. The van der Waals surface area contributed by atoms with Crippen molar-refractivity contribution in [1.82, 2.24) is 19.8 Å². The predicted molar refractivity (Wildman–Crippen MR) is 133 cm³/mol. The summed E-state index contributed by atoms with van der Waals surface area (Å²) in [6.07, 6.45) is 7.12. The number of nitrogens with zero attached hydrogens (tertiary/aromatic N) is 5. The highest BCUT2D eigenvalue weighted by Crippen LogP contribution is 2.25. The number of aromatic nitrogens is 2. The Bertz CT molecular complexity index is 1070. The van der Waals surface area contributed by atoms with Gasteiger partial charge in [0.25, 0.3) is 0 Å². The second-order valence-electron chi connectivity index (χ2n) is 8.83. The maximum Gasteiger partial charge on any atom is 0.240 e. The van der Waals surface area contributed by atoms with Gasteiger partial charge in [-0.3, -0.25) is 14.7 Å². The summed E-state index contributed by atoms with van der Waals surface area (Å²) < 4.78 is 0. The summed E-state index contributed by atoms with van der Waals surface area (Å²) in [4.78, 5) is 28.6. The first-order valence-corrected chi connectivity index (χ1v) is 11.7. The van der Waals surface area contributed by atoms with Crippen molar-refractivity contribution in [1.29, 1.82) is 0 Å². The Morgan fingerprint density at radius 1 is 1.00 bits per heavy atom. The molecule has 1 fully saturated rings. The largest absolute Gasteiger partial charge is 0.362 e. The molecule has 1 saturated heterocycles. The van der Waals surface area contributed by atoms with Crippen LogP contribution in [-0.2, 0) is 17.8 Å². The van der Waals surface area contributed by atoms with Crippen LogP contribution < -0.4 is 4.90 Å². The summed E-state index contributed by atoms with van der Waals surface area (Å²) in [6, 6.07) is 16.5. The van der Waals surface area contributed by atoms with Gasteiger partial charge in [-0.25, -0.2) is 4.98 Å². The number of pyridine rings is 2. The highest BCUT2D eigenvalue weighted by atomic mass is 16.2. The maximum absolute atomic E-state index is 13.5.